The van der Waals surface area contributed by atoms with Gasteiger partial charge in [-0.3, -0.25) is 4.79 Å². The summed E-state index contributed by atoms with van der Waals surface area (Å²) in [5, 5.41) is 0. The number of aryl methyl sites for hydroxylation is 1. The molecule has 0 saturated carbocycles. The number of fused-ring (bicyclic) bond motifs is 3. The Bertz CT molecular complexity index is 456. The highest BCUT2D eigenvalue weighted by Gasteiger charge is 2.37. The van der Waals surface area contributed by atoms with E-state index < -0.39 is 0 Å². The first kappa shape index (κ1) is 10.6. The summed E-state index contributed by atoms with van der Waals surface area (Å²) in [5.74, 6) is 1.10. The van der Waals surface area contributed by atoms with Gasteiger partial charge in [-0.05, 0) is 30.5 Å². The van der Waals surface area contributed by atoms with Gasteiger partial charge in [-0.15, -0.1) is 0 Å². The van der Waals surface area contributed by atoms with E-state index in [1.807, 2.05) is 11.0 Å². The van der Waals surface area contributed by atoms with Crippen LogP contribution in [0.4, 0.5) is 5.69 Å². The molecule has 0 unspecified atom stereocenters. The number of amides is 1. The van der Waals surface area contributed by atoms with E-state index in [4.69, 9.17) is 4.74 Å². The van der Waals surface area contributed by atoms with Gasteiger partial charge in [0.1, 0.15) is 12.4 Å². The molecule has 1 aromatic carbocycles. The highest BCUT2D eigenvalue weighted by Crippen LogP contribution is 2.39. The summed E-state index contributed by atoms with van der Waals surface area (Å²) in [6.45, 7) is 2.81. The lowest BCUT2D eigenvalue weighted by Gasteiger charge is -2.32. The molecule has 0 radical (unpaired) electrons. The minimum Gasteiger partial charge on any atom is -0.489 e. The van der Waals surface area contributed by atoms with Gasteiger partial charge in [-0.25, -0.2) is 0 Å². The number of nitrogens with zero attached hydrogens (tertiary/aromatic N) is 1. The van der Waals surface area contributed by atoms with Gasteiger partial charge in [-0.1, -0.05) is 19.4 Å². The summed E-state index contributed by atoms with van der Waals surface area (Å²) in [6, 6.07) is 6.48. The Hall–Kier alpha value is -1.51. The van der Waals surface area contributed by atoms with Crippen molar-refractivity contribution in [1.82, 2.24) is 0 Å². The van der Waals surface area contributed by atoms with Crippen molar-refractivity contribution in [3.8, 4) is 5.75 Å². The first-order valence-corrected chi connectivity index (χ1v) is 6.37. The lowest BCUT2D eigenvalue weighted by molar-refractivity contribution is -0.117. The average Bonchev–Trinajstić information content (AvgIpc) is 2.72. The number of hydrogen-bond donors (Lipinski definition) is 0. The lowest BCUT2D eigenvalue weighted by Crippen LogP contribution is -2.40. The van der Waals surface area contributed by atoms with Crippen molar-refractivity contribution in [1.29, 1.82) is 0 Å². The molecule has 2 aliphatic rings. The molecule has 3 rings (SSSR count). The molecule has 1 amide bonds. The number of carbonyl (C=O) groups is 1. The number of ether oxygens (including phenoxy) is 1. The van der Waals surface area contributed by atoms with Crippen LogP contribution in [-0.4, -0.2) is 18.6 Å². The maximum Gasteiger partial charge on any atom is 0.227 e. The van der Waals surface area contributed by atoms with Gasteiger partial charge in [0, 0.05) is 6.42 Å². The fraction of sp³-hybridized carbons (Fsp3) is 0.500. The van der Waals surface area contributed by atoms with Gasteiger partial charge in [0.05, 0.1) is 11.7 Å². The van der Waals surface area contributed by atoms with E-state index in [9.17, 15) is 4.79 Å². The molecule has 1 atom stereocenters. The van der Waals surface area contributed by atoms with Gasteiger partial charge >= 0.3 is 0 Å². The van der Waals surface area contributed by atoms with E-state index in [0.717, 1.165) is 30.7 Å². The Morgan fingerprint density at radius 1 is 1.47 bits per heavy atom. The quantitative estimate of drug-likeness (QED) is 0.782. The van der Waals surface area contributed by atoms with Crippen LogP contribution in [0.15, 0.2) is 18.2 Å². The topological polar surface area (TPSA) is 29.5 Å². The summed E-state index contributed by atoms with van der Waals surface area (Å²) in [7, 11) is 0. The summed E-state index contributed by atoms with van der Waals surface area (Å²) < 4.78 is 5.72. The van der Waals surface area contributed by atoms with Gasteiger partial charge in [-0.2, -0.15) is 0 Å². The zero-order valence-corrected chi connectivity index (χ0v) is 10.1. The molecule has 2 aliphatic heterocycles. The van der Waals surface area contributed by atoms with Crippen molar-refractivity contribution in [3.63, 3.8) is 0 Å². The number of anilines is 1. The summed E-state index contributed by atoms with van der Waals surface area (Å²) in [6.07, 6.45) is 3.76. The van der Waals surface area contributed by atoms with Crippen LogP contribution in [0, 0.1) is 0 Å². The van der Waals surface area contributed by atoms with Gasteiger partial charge in [0.25, 0.3) is 0 Å². The normalized spacial score (nSPS) is 22.1. The van der Waals surface area contributed by atoms with Crippen LogP contribution in [0.5, 0.6) is 5.75 Å². The van der Waals surface area contributed by atoms with Crippen LogP contribution in [0.3, 0.4) is 0 Å². The Morgan fingerprint density at radius 2 is 2.35 bits per heavy atom. The molecule has 90 valence electrons. The molecule has 1 aromatic rings. The van der Waals surface area contributed by atoms with Crippen molar-refractivity contribution in [2.24, 2.45) is 0 Å². The third-order valence-electron chi connectivity index (χ3n) is 3.58. The number of rotatable bonds is 2. The zero-order valence-electron chi connectivity index (χ0n) is 10.1. The highest BCUT2D eigenvalue weighted by molar-refractivity contribution is 5.98. The van der Waals surface area contributed by atoms with Crippen molar-refractivity contribution < 1.29 is 9.53 Å². The summed E-state index contributed by atoms with van der Waals surface area (Å²) in [4.78, 5) is 13.9. The molecular weight excluding hydrogens is 214 g/mol. The highest BCUT2D eigenvalue weighted by atomic mass is 16.5. The molecule has 0 spiro atoms. The molecular formula is C14H17NO2. The molecule has 17 heavy (non-hydrogen) atoms. The maximum atomic E-state index is 11.9. The Balaban J connectivity index is 2.01. The zero-order chi connectivity index (χ0) is 11.8. The van der Waals surface area contributed by atoms with Crippen molar-refractivity contribution >= 4 is 11.6 Å². The third-order valence-corrected chi connectivity index (χ3v) is 3.58. The van der Waals surface area contributed by atoms with E-state index in [-0.39, 0.29) is 11.9 Å². The lowest BCUT2D eigenvalue weighted by atomic mass is 10.1. The minimum absolute atomic E-state index is 0.244. The maximum absolute atomic E-state index is 11.9. The molecule has 2 heterocycles. The number of benzene rings is 1. The molecule has 0 N–H and O–H groups in total. The Morgan fingerprint density at radius 3 is 3.18 bits per heavy atom. The fourth-order valence-electron chi connectivity index (χ4n) is 2.74. The second kappa shape index (κ2) is 4.06. The smallest absolute Gasteiger partial charge is 0.227 e. The number of carbonyl (C=O) groups excluding carboxylic acids is 1. The molecule has 3 heteroatoms. The predicted octanol–water partition coefficient (Wildman–Crippen LogP) is 2.53. The SMILES string of the molecule is CCCc1ccc2c(c1)N1C(=O)CC[C@@H]1CO2. The van der Waals surface area contributed by atoms with Crippen molar-refractivity contribution in [2.75, 3.05) is 11.5 Å². The van der Waals surface area contributed by atoms with Crippen LogP contribution in [0.25, 0.3) is 0 Å². The van der Waals surface area contributed by atoms with Crippen molar-refractivity contribution in [2.45, 2.75) is 38.6 Å². The third kappa shape index (κ3) is 1.70. The van der Waals surface area contributed by atoms with Crippen LogP contribution in [0.2, 0.25) is 0 Å². The Labute approximate surface area is 101 Å². The van der Waals surface area contributed by atoms with E-state index in [1.54, 1.807) is 0 Å². The van der Waals surface area contributed by atoms with Gasteiger partial charge in [0.2, 0.25) is 5.91 Å². The molecule has 0 aromatic heterocycles. The van der Waals surface area contributed by atoms with Crippen LogP contribution >= 0.6 is 0 Å². The summed E-state index contributed by atoms with van der Waals surface area (Å²) in [5.41, 5.74) is 2.27. The number of hydrogen-bond acceptors (Lipinski definition) is 2. The first-order valence-electron chi connectivity index (χ1n) is 6.37. The van der Waals surface area contributed by atoms with Gasteiger partial charge in [0.15, 0.2) is 0 Å². The van der Waals surface area contributed by atoms with E-state index in [1.165, 1.54) is 5.56 Å². The molecule has 3 nitrogen and oxygen atoms in total. The fourth-order valence-corrected chi connectivity index (χ4v) is 2.74. The average molecular weight is 231 g/mol. The molecule has 0 aliphatic carbocycles. The van der Waals surface area contributed by atoms with E-state index >= 15 is 0 Å². The van der Waals surface area contributed by atoms with E-state index in [0.29, 0.717) is 13.0 Å². The largest absolute Gasteiger partial charge is 0.489 e. The minimum atomic E-state index is 0.244. The van der Waals surface area contributed by atoms with Crippen molar-refractivity contribution in [3.05, 3.63) is 23.8 Å². The van der Waals surface area contributed by atoms with Gasteiger partial charge < -0.3 is 9.64 Å². The molecule has 0 bridgehead atoms. The second-order valence-electron chi connectivity index (χ2n) is 4.82. The van der Waals surface area contributed by atoms with Crippen LogP contribution < -0.4 is 9.64 Å². The first-order chi connectivity index (χ1) is 8.29. The Kier molecular flexibility index (Phi) is 2.54. The second-order valence-corrected chi connectivity index (χ2v) is 4.82. The van der Waals surface area contributed by atoms with Crippen LogP contribution in [-0.2, 0) is 11.2 Å². The predicted molar refractivity (Wildman–Crippen MR) is 66.4 cm³/mol. The summed E-state index contributed by atoms with van der Waals surface area (Å²) >= 11 is 0. The molecule has 1 saturated heterocycles. The van der Waals surface area contributed by atoms with Crippen LogP contribution in [0.1, 0.15) is 31.7 Å². The molecule has 1 fully saturated rings. The standard InChI is InChI=1S/C14H17NO2/c1-2-3-10-4-6-13-12(8-10)15-11(9-17-13)5-7-14(15)16/h4,6,8,11H,2-3,5,7,9H2,1H3/t11-/m1/s1. The monoisotopic (exact) mass is 231 g/mol. The van der Waals surface area contributed by atoms with E-state index in [2.05, 4.69) is 19.1 Å².